The number of rotatable bonds is 3. The maximum absolute atomic E-state index is 14.2. The predicted octanol–water partition coefficient (Wildman–Crippen LogP) is 0.434. The van der Waals surface area contributed by atoms with Crippen molar-refractivity contribution in [3.8, 4) is 0 Å². The molecule has 1 amide bonds. The van der Waals surface area contributed by atoms with Crippen LogP contribution in [-0.4, -0.2) is 53.9 Å². The van der Waals surface area contributed by atoms with Crippen molar-refractivity contribution in [3.05, 3.63) is 34.6 Å². The second-order valence-corrected chi connectivity index (χ2v) is 6.77. The zero-order valence-corrected chi connectivity index (χ0v) is 12.8. The Morgan fingerprint density at radius 3 is 3.09 bits per heavy atom. The van der Waals surface area contributed by atoms with Crippen molar-refractivity contribution >= 4 is 5.91 Å². The number of carbonyl (C=O) groups is 1. The standard InChI is InChI=1S/C16H20FN3O3/c17-14-4-10(15(21)19-22)3-11-6-20(2-1-13(11)14)9-16-5-12(7-23-16)18-8-16/h3-4,12,18,22H,1-2,5-9H2,(H,19,21)/t12-,16-/m1/s1. The van der Waals surface area contributed by atoms with Crippen LogP contribution in [0, 0.1) is 5.82 Å². The Balaban J connectivity index is 1.54. The summed E-state index contributed by atoms with van der Waals surface area (Å²) in [6, 6.07) is 3.31. The molecular formula is C16H20FN3O3. The largest absolute Gasteiger partial charge is 0.371 e. The number of carbonyl (C=O) groups excluding carboxylic acids is 1. The van der Waals surface area contributed by atoms with Crippen LogP contribution in [0.15, 0.2) is 12.1 Å². The first kappa shape index (κ1) is 15.0. The summed E-state index contributed by atoms with van der Waals surface area (Å²) >= 11 is 0. The van der Waals surface area contributed by atoms with Crippen LogP contribution in [-0.2, 0) is 17.7 Å². The molecule has 3 N–H and O–H groups in total. The number of benzene rings is 1. The molecule has 3 aliphatic heterocycles. The number of amides is 1. The number of nitrogens with zero attached hydrogens (tertiary/aromatic N) is 1. The number of halogens is 1. The van der Waals surface area contributed by atoms with Crippen molar-refractivity contribution in [1.82, 2.24) is 15.7 Å². The van der Waals surface area contributed by atoms with Crippen LogP contribution in [0.1, 0.15) is 27.9 Å². The Morgan fingerprint density at radius 2 is 2.43 bits per heavy atom. The van der Waals surface area contributed by atoms with Gasteiger partial charge < -0.3 is 10.1 Å². The smallest absolute Gasteiger partial charge is 0.274 e. The number of hydrogen-bond acceptors (Lipinski definition) is 5. The molecule has 0 saturated carbocycles. The normalized spacial score (nSPS) is 29.6. The van der Waals surface area contributed by atoms with E-state index in [9.17, 15) is 9.18 Å². The molecule has 0 radical (unpaired) electrons. The summed E-state index contributed by atoms with van der Waals surface area (Å²) in [4.78, 5) is 13.8. The highest BCUT2D eigenvalue weighted by molar-refractivity contribution is 5.93. The van der Waals surface area contributed by atoms with Gasteiger partial charge in [-0.15, -0.1) is 0 Å². The number of ether oxygens (including phenoxy) is 1. The van der Waals surface area contributed by atoms with Gasteiger partial charge in [0.2, 0.25) is 0 Å². The SMILES string of the molecule is O=C(NO)c1cc(F)c2c(c1)CN(C[C@@]13CN[C@@H](CO1)C3)CC2. The molecule has 6 nitrogen and oxygen atoms in total. The van der Waals surface area contributed by atoms with Gasteiger partial charge in [0.25, 0.3) is 5.91 Å². The minimum absolute atomic E-state index is 0.124. The third-order valence-corrected chi connectivity index (χ3v) is 5.16. The summed E-state index contributed by atoms with van der Waals surface area (Å²) in [6.45, 7) is 3.82. The lowest BCUT2D eigenvalue weighted by molar-refractivity contribution is -0.0324. The maximum Gasteiger partial charge on any atom is 0.274 e. The lowest BCUT2D eigenvalue weighted by Gasteiger charge is -2.36. The van der Waals surface area contributed by atoms with E-state index >= 15 is 0 Å². The third kappa shape index (κ3) is 2.63. The van der Waals surface area contributed by atoms with Crippen LogP contribution in [0.4, 0.5) is 4.39 Å². The molecule has 7 heteroatoms. The number of morpholine rings is 1. The second-order valence-electron chi connectivity index (χ2n) is 6.77. The maximum atomic E-state index is 14.2. The minimum Gasteiger partial charge on any atom is -0.371 e. The van der Waals surface area contributed by atoms with E-state index < -0.39 is 5.91 Å². The van der Waals surface area contributed by atoms with Crippen LogP contribution in [0.25, 0.3) is 0 Å². The molecule has 4 rings (SSSR count). The third-order valence-electron chi connectivity index (χ3n) is 5.16. The molecule has 0 spiro atoms. The molecule has 23 heavy (non-hydrogen) atoms. The van der Waals surface area contributed by atoms with Gasteiger partial charge in [-0.25, -0.2) is 9.87 Å². The van der Waals surface area contributed by atoms with Crippen molar-refractivity contribution in [3.63, 3.8) is 0 Å². The van der Waals surface area contributed by atoms with E-state index in [2.05, 4.69) is 10.2 Å². The lowest BCUT2D eigenvalue weighted by atomic mass is 9.94. The molecule has 2 atom stereocenters. The van der Waals surface area contributed by atoms with Crippen molar-refractivity contribution < 1.29 is 19.1 Å². The molecule has 124 valence electrons. The van der Waals surface area contributed by atoms with Gasteiger partial charge in [0, 0.05) is 37.8 Å². The first-order valence-electron chi connectivity index (χ1n) is 7.94. The Bertz CT molecular complexity index is 644. The second kappa shape index (κ2) is 5.52. The van der Waals surface area contributed by atoms with Gasteiger partial charge in [0.15, 0.2) is 0 Å². The number of nitrogens with one attached hydrogen (secondary N) is 2. The van der Waals surface area contributed by atoms with E-state index in [0.717, 1.165) is 38.2 Å². The van der Waals surface area contributed by atoms with Crippen LogP contribution in [0.5, 0.6) is 0 Å². The summed E-state index contributed by atoms with van der Waals surface area (Å²) in [6.07, 6.45) is 1.65. The zero-order valence-electron chi connectivity index (χ0n) is 12.8. The number of fused-ring (bicyclic) bond motifs is 3. The van der Waals surface area contributed by atoms with E-state index in [1.165, 1.54) is 6.07 Å². The highest BCUT2D eigenvalue weighted by Crippen LogP contribution is 2.33. The molecule has 1 aromatic carbocycles. The fourth-order valence-corrected chi connectivity index (χ4v) is 4.04. The highest BCUT2D eigenvalue weighted by atomic mass is 19.1. The molecule has 0 aromatic heterocycles. The first-order valence-corrected chi connectivity index (χ1v) is 7.94. The predicted molar refractivity (Wildman–Crippen MR) is 79.7 cm³/mol. The van der Waals surface area contributed by atoms with Crippen molar-refractivity contribution in [2.24, 2.45) is 0 Å². The molecule has 0 unspecified atom stereocenters. The van der Waals surface area contributed by atoms with Crippen LogP contribution < -0.4 is 10.8 Å². The van der Waals surface area contributed by atoms with E-state index in [0.29, 0.717) is 24.6 Å². The molecule has 3 aliphatic rings. The average Bonchev–Trinajstić information content (AvgIpc) is 3.14. The molecule has 2 saturated heterocycles. The van der Waals surface area contributed by atoms with Gasteiger partial charge in [0.05, 0.1) is 12.2 Å². The van der Waals surface area contributed by atoms with Crippen molar-refractivity contribution in [2.45, 2.75) is 31.0 Å². The quantitative estimate of drug-likeness (QED) is 0.556. The van der Waals surface area contributed by atoms with E-state index in [4.69, 9.17) is 9.94 Å². The van der Waals surface area contributed by atoms with Crippen molar-refractivity contribution in [2.75, 3.05) is 26.2 Å². The van der Waals surface area contributed by atoms with Crippen LogP contribution in [0.3, 0.4) is 0 Å². The van der Waals surface area contributed by atoms with Gasteiger partial charge in [-0.1, -0.05) is 0 Å². The summed E-state index contributed by atoms with van der Waals surface area (Å²) in [5.41, 5.74) is 3.06. The Labute approximate surface area is 133 Å². The molecule has 0 aliphatic carbocycles. The molecule has 3 heterocycles. The fraction of sp³-hybridized carbons (Fsp3) is 0.562. The topological polar surface area (TPSA) is 73.8 Å². The highest BCUT2D eigenvalue weighted by Gasteiger charge is 2.47. The number of hydrogen-bond donors (Lipinski definition) is 3. The zero-order chi connectivity index (χ0) is 16.0. The lowest BCUT2D eigenvalue weighted by Crippen LogP contribution is -2.48. The summed E-state index contributed by atoms with van der Waals surface area (Å²) < 4.78 is 20.2. The average molecular weight is 321 g/mol. The fourth-order valence-electron chi connectivity index (χ4n) is 4.04. The Kier molecular flexibility index (Phi) is 3.60. The van der Waals surface area contributed by atoms with E-state index in [1.54, 1.807) is 11.5 Å². The van der Waals surface area contributed by atoms with Crippen LogP contribution in [0.2, 0.25) is 0 Å². The monoisotopic (exact) mass is 321 g/mol. The Morgan fingerprint density at radius 1 is 1.57 bits per heavy atom. The van der Waals surface area contributed by atoms with Gasteiger partial charge in [-0.2, -0.15) is 0 Å². The summed E-state index contributed by atoms with van der Waals surface area (Å²) in [5.74, 6) is -1.07. The summed E-state index contributed by atoms with van der Waals surface area (Å²) in [7, 11) is 0. The molecule has 2 fully saturated rings. The van der Waals surface area contributed by atoms with Gasteiger partial charge in [-0.3, -0.25) is 14.9 Å². The van der Waals surface area contributed by atoms with Crippen molar-refractivity contribution in [1.29, 1.82) is 0 Å². The Hall–Kier alpha value is -1.54. The number of hydroxylamine groups is 1. The summed E-state index contributed by atoms with van der Waals surface area (Å²) in [5, 5.41) is 12.2. The van der Waals surface area contributed by atoms with E-state index in [1.807, 2.05) is 0 Å². The van der Waals surface area contributed by atoms with E-state index in [-0.39, 0.29) is 17.0 Å². The van der Waals surface area contributed by atoms with Gasteiger partial charge >= 0.3 is 0 Å². The van der Waals surface area contributed by atoms with Gasteiger partial charge in [0.1, 0.15) is 5.82 Å². The van der Waals surface area contributed by atoms with Gasteiger partial charge in [-0.05, 0) is 36.1 Å². The molecule has 2 bridgehead atoms. The van der Waals surface area contributed by atoms with Crippen LogP contribution >= 0.6 is 0 Å². The molecular weight excluding hydrogens is 301 g/mol. The molecule has 1 aromatic rings. The minimum atomic E-state index is -0.690. The first-order chi connectivity index (χ1) is 11.1.